The minimum absolute atomic E-state index is 0.143. The lowest BCUT2D eigenvalue weighted by Crippen LogP contribution is -2.01. The Bertz CT molecular complexity index is 426. The Kier molecular flexibility index (Phi) is 1.37. The van der Waals surface area contributed by atoms with Crippen LogP contribution in [0, 0.1) is 0 Å². The number of nitrogens with two attached hydrogens (primary N) is 1. The van der Waals surface area contributed by atoms with Gasteiger partial charge in [-0.3, -0.25) is 0 Å². The fraction of sp³-hybridized carbons (Fsp3) is 0. The van der Waals surface area contributed by atoms with Crippen LogP contribution in [0.2, 0.25) is 0 Å². The van der Waals surface area contributed by atoms with Gasteiger partial charge in [-0.05, 0) is 12.1 Å². The quantitative estimate of drug-likeness (QED) is 0.446. The van der Waals surface area contributed by atoms with Crippen LogP contribution in [0.3, 0.4) is 0 Å². The molecule has 2 aromatic rings. The number of rotatable bonds is 0. The molecule has 0 aliphatic heterocycles. The molecule has 0 radical (unpaired) electrons. The zero-order valence-corrected chi connectivity index (χ0v) is 6.41. The van der Waals surface area contributed by atoms with Crippen molar-refractivity contribution in [2.24, 2.45) is 0 Å². The van der Waals surface area contributed by atoms with Gasteiger partial charge in [0, 0.05) is 12.1 Å². The molecule has 1 aromatic heterocycles. The Morgan fingerprint density at radius 2 is 2.08 bits per heavy atom. The smallest absolute Gasteiger partial charge is 0.214 e. The van der Waals surface area contributed by atoms with Gasteiger partial charge in [0.1, 0.15) is 0 Å². The molecule has 0 amide bonds. The lowest BCUT2D eigenvalue weighted by Gasteiger charge is -1.98. The zero-order valence-electron chi connectivity index (χ0n) is 6.41. The number of pyridine rings is 1. The molecular weight excluding hydrogens is 152 g/mol. The van der Waals surface area contributed by atoms with E-state index in [-0.39, 0.29) is 5.75 Å². The standard InChI is InChI=1S/C9H8N2O/c10-7-3-4-8-6(9(7)12)2-1-5-11-8/h1-5,12H,10H2/p+1. The summed E-state index contributed by atoms with van der Waals surface area (Å²) in [5.41, 5.74) is 6.81. The van der Waals surface area contributed by atoms with Crippen molar-refractivity contribution in [1.29, 1.82) is 0 Å². The second-order valence-corrected chi connectivity index (χ2v) is 2.63. The Balaban J connectivity index is 2.91. The van der Waals surface area contributed by atoms with E-state index in [1.807, 2.05) is 18.2 Å². The van der Waals surface area contributed by atoms with Crippen LogP contribution in [0.4, 0.5) is 5.69 Å². The number of benzene rings is 1. The summed E-state index contributed by atoms with van der Waals surface area (Å²) in [6.07, 6.45) is 1.80. The minimum Gasteiger partial charge on any atom is -0.505 e. The number of hydrogen-bond donors (Lipinski definition) is 2. The highest BCUT2D eigenvalue weighted by Gasteiger charge is 2.06. The van der Waals surface area contributed by atoms with E-state index in [0.29, 0.717) is 5.69 Å². The number of phenols is 1. The molecule has 60 valence electrons. The van der Waals surface area contributed by atoms with Gasteiger partial charge in [0.25, 0.3) is 0 Å². The second-order valence-electron chi connectivity index (χ2n) is 2.63. The van der Waals surface area contributed by atoms with E-state index >= 15 is 0 Å². The molecule has 0 fully saturated rings. The highest BCUT2D eigenvalue weighted by atomic mass is 16.3. The third-order valence-corrected chi connectivity index (χ3v) is 1.85. The van der Waals surface area contributed by atoms with E-state index in [0.717, 1.165) is 10.9 Å². The molecule has 2 rings (SSSR count). The number of hydrogen-bond acceptors (Lipinski definition) is 2. The molecule has 1 heterocycles. The van der Waals surface area contributed by atoms with Crippen LogP contribution in [0.5, 0.6) is 5.75 Å². The maximum atomic E-state index is 9.51. The zero-order chi connectivity index (χ0) is 8.55. The third-order valence-electron chi connectivity index (χ3n) is 1.85. The molecule has 0 aliphatic carbocycles. The summed E-state index contributed by atoms with van der Waals surface area (Å²) < 4.78 is 0. The van der Waals surface area contributed by atoms with Gasteiger partial charge >= 0.3 is 0 Å². The van der Waals surface area contributed by atoms with Crippen LogP contribution in [-0.4, -0.2) is 5.11 Å². The largest absolute Gasteiger partial charge is 0.505 e. The number of nitrogens with one attached hydrogen (secondary N) is 1. The first kappa shape index (κ1) is 6.91. The summed E-state index contributed by atoms with van der Waals surface area (Å²) in [5, 5.41) is 10.3. The monoisotopic (exact) mass is 161 g/mol. The van der Waals surface area contributed by atoms with Crippen LogP contribution < -0.4 is 10.7 Å². The van der Waals surface area contributed by atoms with Gasteiger partial charge in [-0.15, -0.1) is 0 Å². The van der Waals surface area contributed by atoms with Gasteiger partial charge in [-0.1, -0.05) is 0 Å². The van der Waals surface area contributed by atoms with Crippen LogP contribution in [0.1, 0.15) is 0 Å². The number of nitrogen functional groups attached to an aromatic ring is 1. The predicted octanol–water partition coefficient (Wildman–Crippen LogP) is 0.942. The Labute approximate surface area is 69.5 Å². The molecule has 0 bridgehead atoms. The fourth-order valence-electron chi connectivity index (χ4n) is 1.20. The predicted molar refractivity (Wildman–Crippen MR) is 46.6 cm³/mol. The summed E-state index contributed by atoms with van der Waals surface area (Å²) in [4.78, 5) is 3.00. The lowest BCUT2D eigenvalue weighted by atomic mass is 10.2. The van der Waals surface area contributed by atoms with Crippen molar-refractivity contribution >= 4 is 16.6 Å². The Morgan fingerprint density at radius 1 is 1.25 bits per heavy atom. The molecule has 0 aliphatic rings. The molecule has 4 N–H and O–H groups in total. The number of anilines is 1. The SMILES string of the molecule is Nc1ccc2[nH+]cccc2c1O. The number of phenolic OH excluding ortho intramolecular Hbond substituents is 1. The van der Waals surface area contributed by atoms with Gasteiger partial charge in [0.05, 0.1) is 11.1 Å². The van der Waals surface area contributed by atoms with Crippen LogP contribution >= 0.6 is 0 Å². The van der Waals surface area contributed by atoms with Gasteiger partial charge < -0.3 is 10.8 Å². The highest BCUT2D eigenvalue weighted by molar-refractivity contribution is 5.87. The van der Waals surface area contributed by atoms with Crippen molar-refractivity contribution < 1.29 is 10.1 Å². The number of H-pyrrole nitrogens is 1. The van der Waals surface area contributed by atoms with Gasteiger partial charge in [0.15, 0.2) is 11.9 Å². The first-order valence-corrected chi connectivity index (χ1v) is 3.67. The molecule has 0 spiro atoms. The normalized spacial score (nSPS) is 10.3. The van der Waals surface area contributed by atoms with E-state index in [1.165, 1.54) is 0 Å². The van der Waals surface area contributed by atoms with E-state index in [2.05, 4.69) is 4.98 Å². The maximum absolute atomic E-state index is 9.51. The van der Waals surface area contributed by atoms with Crippen molar-refractivity contribution in [3.05, 3.63) is 30.5 Å². The average molecular weight is 161 g/mol. The fourth-order valence-corrected chi connectivity index (χ4v) is 1.20. The topological polar surface area (TPSA) is 60.4 Å². The summed E-state index contributed by atoms with van der Waals surface area (Å²) in [6, 6.07) is 7.15. The third kappa shape index (κ3) is 0.871. The number of aromatic nitrogens is 1. The maximum Gasteiger partial charge on any atom is 0.214 e. The van der Waals surface area contributed by atoms with Gasteiger partial charge in [-0.25, -0.2) is 4.98 Å². The van der Waals surface area contributed by atoms with Gasteiger partial charge in [-0.2, -0.15) is 0 Å². The van der Waals surface area contributed by atoms with Crippen LogP contribution in [0.25, 0.3) is 10.9 Å². The molecule has 0 unspecified atom stereocenters. The molecule has 0 atom stereocenters. The summed E-state index contributed by atoms with van der Waals surface area (Å²) >= 11 is 0. The Morgan fingerprint density at radius 3 is 2.92 bits per heavy atom. The average Bonchev–Trinajstić information content (AvgIpc) is 2.12. The molecule has 0 saturated carbocycles. The minimum atomic E-state index is 0.143. The van der Waals surface area contributed by atoms with Crippen molar-refractivity contribution in [2.45, 2.75) is 0 Å². The van der Waals surface area contributed by atoms with E-state index in [1.54, 1.807) is 12.3 Å². The Hall–Kier alpha value is -1.77. The van der Waals surface area contributed by atoms with E-state index in [4.69, 9.17) is 5.73 Å². The van der Waals surface area contributed by atoms with E-state index < -0.39 is 0 Å². The van der Waals surface area contributed by atoms with Crippen LogP contribution in [-0.2, 0) is 0 Å². The summed E-state index contributed by atoms with van der Waals surface area (Å²) in [7, 11) is 0. The second kappa shape index (κ2) is 2.37. The van der Waals surface area contributed by atoms with E-state index in [9.17, 15) is 5.11 Å². The highest BCUT2D eigenvalue weighted by Crippen LogP contribution is 2.27. The number of aromatic amines is 1. The molecule has 3 heteroatoms. The number of fused-ring (bicyclic) bond motifs is 1. The van der Waals surface area contributed by atoms with Crippen molar-refractivity contribution in [3.63, 3.8) is 0 Å². The van der Waals surface area contributed by atoms with Crippen molar-refractivity contribution in [1.82, 2.24) is 0 Å². The molecule has 0 saturated heterocycles. The van der Waals surface area contributed by atoms with Crippen molar-refractivity contribution in [3.8, 4) is 5.75 Å². The summed E-state index contributed by atoms with van der Waals surface area (Å²) in [5.74, 6) is 0.143. The molecule has 12 heavy (non-hydrogen) atoms. The van der Waals surface area contributed by atoms with Gasteiger partial charge in [0.2, 0.25) is 5.52 Å². The first-order chi connectivity index (χ1) is 5.79. The molecular formula is C9H9N2O+. The summed E-state index contributed by atoms with van der Waals surface area (Å²) in [6.45, 7) is 0. The molecule has 3 nitrogen and oxygen atoms in total. The van der Waals surface area contributed by atoms with Crippen molar-refractivity contribution in [2.75, 3.05) is 5.73 Å². The lowest BCUT2D eigenvalue weighted by molar-refractivity contribution is -0.344. The first-order valence-electron chi connectivity index (χ1n) is 3.67. The number of aromatic hydroxyl groups is 1. The van der Waals surface area contributed by atoms with Crippen LogP contribution in [0.15, 0.2) is 30.5 Å². The molecule has 1 aromatic carbocycles.